The molecule has 0 aliphatic carbocycles. The van der Waals surface area contributed by atoms with E-state index in [-0.39, 0.29) is 19.1 Å². The lowest BCUT2D eigenvalue weighted by Crippen LogP contribution is -2.31. The second kappa shape index (κ2) is 7.99. The van der Waals surface area contributed by atoms with Gasteiger partial charge in [-0.15, -0.1) is 6.58 Å². The van der Waals surface area contributed by atoms with Crippen molar-refractivity contribution in [2.75, 3.05) is 19.8 Å². The molecule has 15 heavy (non-hydrogen) atoms. The summed E-state index contributed by atoms with van der Waals surface area (Å²) >= 11 is 0. The van der Waals surface area contributed by atoms with Crippen LogP contribution in [0.5, 0.6) is 0 Å². The number of hydrogen-bond acceptors (Lipinski definition) is 4. The topological polar surface area (TPSA) is 64.6 Å². The predicted molar refractivity (Wildman–Crippen MR) is 55.3 cm³/mol. The fourth-order valence-electron chi connectivity index (χ4n) is 0.783. The average Bonchev–Trinajstić information content (AvgIpc) is 2.22. The van der Waals surface area contributed by atoms with Gasteiger partial charge >= 0.3 is 5.97 Å². The van der Waals surface area contributed by atoms with E-state index < -0.39 is 12.1 Å². The Hall–Kier alpha value is -1.36. The Morgan fingerprint density at radius 2 is 2.20 bits per heavy atom. The van der Waals surface area contributed by atoms with Crippen LogP contribution in [-0.2, 0) is 19.1 Å². The quantitative estimate of drug-likeness (QED) is 0.488. The van der Waals surface area contributed by atoms with Crippen LogP contribution >= 0.6 is 0 Å². The molecule has 5 heteroatoms. The van der Waals surface area contributed by atoms with E-state index in [9.17, 15) is 9.59 Å². The van der Waals surface area contributed by atoms with Crippen LogP contribution in [0.4, 0.5) is 0 Å². The molecule has 1 amide bonds. The van der Waals surface area contributed by atoms with Gasteiger partial charge in [0.25, 0.3) is 5.91 Å². The van der Waals surface area contributed by atoms with E-state index >= 15 is 0 Å². The number of ether oxygens (including phenoxy) is 2. The summed E-state index contributed by atoms with van der Waals surface area (Å²) in [4.78, 5) is 22.1. The summed E-state index contributed by atoms with van der Waals surface area (Å²) in [7, 11) is 0. The van der Waals surface area contributed by atoms with Crippen molar-refractivity contribution >= 4 is 11.9 Å². The Balaban J connectivity index is 3.72. The third-order valence-electron chi connectivity index (χ3n) is 1.52. The molecule has 0 saturated heterocycles. The number of amides is 1. The Bertz CT molecular complexity index is 227. The van der Waals surface area contributed by atoms with Crippen LogP contribution in [0.15, 0.2) is 12.7 Å². The maximum Gasteiger partial charge on any atom is 0.335 e. The highest BCUT2D eigenvalue weighted by molar-refractivity contribution is 5.81. The molecule has 0 rings (SSSR count). The minimum atomic E-state index is -0.683. The third kappa shape index (κ3) is 6.68. The lowest BCUT2D eigenvalue weighted by atomic mass is 10.4. The molecule has 0 fully saturated rings. The fourth-order valence-corrected chi connectivity index (χ4v) is 0.783. The van der Waals surface area contributed by atoms with E-state index in [0.29, 0.717) is 6.54 Å². The second-order valence-corrected chi connectivity index (χ2v) is 2.83. The Morgan fingerprint density at radius 1 is 1.53 bits per heavy atom. The summed E-state index contributed by atoms with van der Waals surface area (Å²) in [5, 5.41) is 2.51. The number of rotatable bonds is 7. The molecule has 1 atom stereocenters. The molecular formula is C10H17NO4. The van der Waals surface area contributed by atoms with Crippen LogP contribution in [0.3, 0.4) is 0 Å². The van der Waals surface area contributed by atoms with Crippen molar-refractivity contribution < 1.29 is 19.1 Å². The number of carbonyl (C=O) groups is 2. The fraction of sp³-hybridized carbons (Fsp3) is 0.600. The van der Waals surface area contributed by atoms with Crippen LogP contribution in [-0.4, -0.2) is 37.7 Å². The number of hydrogen-bond donors (Lipinski definition) is 1. The maximum atomic E-state index is 11.2. The number of nitrogens with one attached hydrogen (secondary N) is 1. The summed E-state index contributed by atoms with van der Waals surface area (Å²) in [6.07, 6.45) is 0.852. The molecule has 0 aliphatic rings. The van der Waals surface area contributed by atoms with Crippen LogP contribution in [0.25, 0.3) is 0 Å². The molecule has 1 N–H and O–H groups in total. The molecule has 0 saturated carbocycles. The zero-order valence-electron chi connectivity index (χ0n) is 9.12. The smallest absolute Gasteiger partial charge is 0.335 e. The van der Waals surface area contributed by atoms with Crippen molar-refractivity contribution in [1.29, 1.82) is 0 Å². The monoisotopic (exact) mass is 215 g/mol. The van der Waals surface area contributed by atoms with E-state index in [1.54, 1.807) is 13.8 Å². The van der Waals surface area contributed by atoms with Crippen LogP contribution in [0, 0.1) is 0 Å². The van der Waals surface area contributed by atoms with E-state index in [1.165, 1.54) is 6.08 Å². The summed E-state index contributed by atoms with van der Waals surface area (Å²) in [5.74, 6) is -0.870. The molecule has 5 nitrogen and oxygen atoms in total. The van der Waals surface area contributed by atoms with Gasteiger partial charge in [-0.25, -0.2) is 4.79 Å². The van der Waals surface area contributed by atoms with Gasteiger partial charge in [-0.05, 0) is 13.8 Å². The number of esters is 1. The van der Waals surface area contributed by atoms with Gasteiger partial charge in [0.1, 0.15) is 0 Å². The molecule has 86 valence electrons. The first-order chi connectivity index (χ1) is 7.11. The van der Waals surface area contributed by atoms with Gasteiger partial charge in [0.05, 0.1) is 6.61 Å². The normalized spacial score (nSPS) is 11.6. The zero-order chi connectivity index (χ0) is 11.7. The van der Waals surface area contributed by atoms with Gasteiger partial charge < -0.3 is 14.8 Å². The first kappa shape index (κ1) is 13.6. The van der Waals surface area contributed by atoms with Gasteiger partial charge in [-0.3, -0.25) is 4.79 Å². The number of likely N-dealkylation sites (N-methyl/N-ethyl adjacent to an activating group) is 1. The van der Waals surface area contributed by atoms with Crippen molar-refractivity contribution in [2.24, 2.45) is 0 Å². The standard InChI is InChI=1S/C10H17NO4/c1-4-6-14-8(3)10(13)15-7-9(12)11-5-2/h4,8H,1,5-7H2,2-3H3,(H,11,12). The van der Waals surface area contributed by atoms with Crippen molar-refractivity contribution in [3.8, 4) is 0 Å². The first-order valence-corrected chi connectivity index (χ1v) is 4.77. The highest BCUT2D eigenvalue weighted by atomic mass is 16.6. The zero-order valence-corrected chi connectivity index (χ0v) is 9.12. The SMILES string of the molecule is C=CCOC(C)C(=O)OCC(=O)NCC. The van der Waals surface area contributed by atoms with Crippen molar-refractivity contribution in [1.82, 2.24) is 5.32 Å². The minimum Gasteiger partial charge on any atom is -0.454 e. The van der Waals surface area contributed by atoms with Crippen molar-refractivity contribution in [3.05, 3.63) is 12.7 Å². The van der Waals surface area contributed by atoms with Crippen molar-refractivity contribution in [2.45, 2.75) is 20.0 Å². The first-order valence-electron chi connectivity index (χ1n) is 4.77. The highest BCUT2D eigenvalue weighted by Crippen LogP contribution is 1.94. The van der Waals surface area contributed by atoms with Gasteiger partial charge in [-0.2, -0.15) is 0 Å². The van der Waals surface area contributed by atoms with Gasteiger partial charge in [0.15, 0.2) is 12.7 Å². The van der Waals surface area contributed by atoms with E-state index in [4.69, 9.17) is 9.47 Å². The van der Waals surface area contributed by atoms with Crippen LogP contribution in [0.1, 0.15) is 13.8 Å². The van der Waals surface area contributed by atoms with Gasteiger partial charge in [-0.1, -0.05) is 6.08 Å². The molecule has 0 spiro atoms. The predicted octanol–water partition coefficient (Wildman–Crippen LogP) is 0.257. The van der Waals surface area contributed by atoms with Crippen molar-refractivity contribution in [3.63, 3.8) is 0 Å². The minimum absolute atomic E-state index is 0.269. The molecule has 0 radical (unpaired) electrons. The average molecular weight is 215 g/mol. The molecule has 0 aromatic carbocycles. The van der Waals surface area contributed by atoms with E-state index in [0.717, 1.165) is 0 Å². The molecule has 0 aliphatic heterocycles. The Morgan fingerprint density at radius 3 is 2.73 bits per heavy atom. The largest absolute Gasteiger partial charge is 0.454 e. The van der Waals surface area contributed by atoms with Gasteiger partial charge in [0, 0.05) is 6.54 Å². The molecule has 1 unspecified atom stereocenters. The van der Waals surface area contributed by atoms with Crippen LogP contribution in [0.2, 0.25) is 0 Å². The summed E-state index contributed by atoms with van der Waals surface area (Å²) in [6, 6.07) is 0. The Labute approximate surface area is 89.4 Å². The molecular weight excluding hydrogens is 198 g/mol. The van der Waals surface area contributed by atoms with Crippen LogP contribution < -0.4 is 5.32 Å². The summed E-state index contributed by atoms with van der Waals surface area (Å²) in [6.45, 7) is 7.31. The molecule has 0 bridgehead atoms. The lowest BCUT2D eigenvalue weighted by molar-refractivity contribution is -0.158. The molecule has 0 aromatic rings. The molecule has 0 aromatic heterocycles. The Kier molecular flexibility index (Phi) is 7.27. The highest BCUT2D eigenvalue weighted by Gasteiger charge is 2.15. The summed E-state index contributed by atoms with van der Waals surface area (Å²) in [5.41, 5.74) is 0. The molecule has 0 heterocycles. The lowest BCUT2D eigenvalue weighted by Gasteiger charge is -2.10. The number of carbonyl (C=O) groups excluding carboxylic acids is 2. The maximum absolute atomic E-state index is 11.2. The third-order valence-corrected chi connectivity index (χ3v) is 1.52. The second-order valence-electron chi connectivity index (χ2n) is 2.83. The van der Waals surface area contributed by atoms with E-state index in [2.05, 4.69) is 11.9 Å². The summed E-state index contributed by atoms with van der Waals surface area (Å²) < 4.78 is 9.73. The van der Waals surface area contributed by atoms with E-state index in [1.807, 2.05) is 0 Å². The van der Waals surface area contributed by atoms with Gasteiger partial charge in [0.2, 0.25) is 0 Å².